The highest BCUT2D eigenvalue weighted by molar-refractivity contribution is 6.05. The van der Waals surface area contributed by atoms with Gasteiger partial charge in [-0.05, 0) is 55.7 Å². The fourth-order valence-electron chi connectivity index (χ4n) is 3.78. The van der Waals surface area contributed by atoms with Gasteiger partial charge in [-0.1, -0.05) is 30.3 Å². The number of furan rings is 1. The van der Waals surface area contributed by atoms with Crippen molar-refractivity contribution in [2.75, 3.05) is 13.1 Å². The van der Waals surface area contributed by atoms with E-state index in [9.17, 15) is 22.8 Å². The van der Waals surface area contributed by atoms with Crippen LogP contribution in [0.25, 0.3) is 17.4 Å². The number of likely N-dealkylation sites (tertiary alicyclic amines) is 1. The van der Waals surface area contributed by atoms with Crippen LogP contribution in [0.2, 0.25) is 0 Å². The summed E-state index contributed by atoms with van der Waals surface area (Å²) in [7, 11) is 0. The van der Waals surface area contributed by atoms with E-state index in [4.69, 9.17) is 4.42 Å². The van der Waals surface area contributed by atoms with E-state index in [-0.39, 0.29) is 28.7 Å². The number of hydrogen-bond donors (Lipinski definition) is 1. The zero-order valence-electron chi connectivity index (χ0n) is 18.3. The lowest BCUT2D eigenvalue weighted by molar-refractivity contribution is -0.137. The highest BCUT2D eigenvalue weighted by Gasteiger charge is 2.30. The number of alkyl halides is 3. The molecule has 1 saturated heterocycles. The Morgan fingerprint density at radius 1 is 0.912 bits per heavy atom. The molecule has 1 aliphatic heterocycles. The molecule has 34 heavy (non-hydrogen) atoms. The van der Waals surface area contributed by atoms with Crippen molar-refractivity contribution < 1.29 is 27.2 Å². The minimum Gasteiger partial charge on any atom is -0.457 e. The topological polar surface area (TPSA) is 62.6 Å². The van der Waals surface area contributed by atoms with Crippen LogP contribution in [0.5, 0.6) is 0 Å². The van der Waals surface area contributed by atoms with Crippen molar-refractivity contribution in [3.63, 3.8) is 0 Å². The summed E-state index contributed by atoms with van der Waals surface area (Å²) >= 11 is 0. The Balaban J connectivity index is 1.63. The summed E-state index contributed by atoms with van der Waals surface area (Å²) in [4.78, 5) is 27.6. The molecular formula is C26H23F3N2O3. The maximum Gasteiger partial charge on any atom is 0.416 e. The first kappa shape index (κ1) is 23.4. The molecule has 5 nitrogen and oxygen atoms in total. The summed E-state index contributed by atoms with van der Waals surface area (Å²) in [5.41, 5.74) is -0.0917. The first-order valence-electron chi connectivity index (χ1n) is 11.0. The van der Waals surface area contributed by atoms with E-state index >= 15 is 0 Å². The van der Waals surface area contributed by atoms with Crippen LogP contribution < -0.4 is 5.32 Å². The lowest BCUT2D eigenvalue weighted by Gasteiger charge is -2.27. The number of amides is 2. The lowest BCUT2D eigenvalue weighted by Crippen LogP contribution is -2.41. The average Bonchev–Trinajstić information content (AvgIpc) is 3.32. The van der Waals surface area contributed by atoms with E-state index in [2.05, 4.69) is 5.32 Å². The van der Waals surface area contributed by atoms with E-state index in [1.54, 1.807) is 41.3 Å². The van der Waals surface area contributed by atoms with Gasteiger partial charge in [0.15, 0.2) is 0 Å². The molecule has 0 atom stereocenters. The summed E-state index contributed by atoms with van der Waals surface area (Å²) < 4.78 is 44.9. The van der Waals surface area contributed by atoms with Gasteiger partial charge in [-0.3, -0.25) is 9.59 Å². The van der Waals surface area contributed by atoms with Crippen LogP contribution in [0.15, 0.2) is 76.8 Å². The standard InChI is InChI=1S/C26H23F3N2O3/c27-26(28,29)20-11-7-10-19(16-20)23-13-12-21(34-23)17-22(25(33)31-14-5-2-6-15-31)30-24(32)18-8-3-1-4-9-18/h1,3-4,7-13,16-17H,2,5-6,14-15H2,(H,30,32)/b22-17-. The fraction of sp³-hybridized carbons (Fsp3) is 0.231. The van der Waals surface area contributed by atoms with Crippen molar-refractivity contribution in [2.45, 2.75) is 25.4 Å². The van der Waals surface area contributed by atoms with Gasteiger partial charge in [0.1, 0.15) is 17.2 Å². The third-order valence-electron chi connectivity index (χ3n) is 5.55. The Morgan fingerprint density at radius 2 is 1.65 bits per heavy atom. The summed E-state index contributed by atoms with van der Waals surface area (Å²) in [5.74, 6) is -0.319. The number of benzene rings is 2. The van der Waals surface area contributed by atoms with Crippen molar-refractivity contribution >= 4 is 17.9 Å². The second-order valence-corrected chi connectivity index (χ2v) is 8.01. The molecule has 0 bridgehead atoms. The minimum absolute atomic E-state index is 0.0423. The Labute approximate surface area is 194 Å². The molecule has 3 aromatic rings. The Hall–Kier alpha value is -3.81. The summed E-state index contributed by atoms with van der Waals surface area (Å²) in [6, 6.07) is 16.4. The monoisotopic (exact) mass is 468 g/mol. The van der Waals surface area contributed by atoms with Crippen LogP contribution >= 0.6 is 0 Å². The molecule has 4 rings (SSSR count). The molecule has 2 heterocycles. The predicted octanol–water partition coefficient (Wildman–Crippen LogP) is 5.75. The molecule has 0 spiro atoms. The number of hydrogen-bond acceptors (Lipinski definition) is 3. The Kier molecular flexibility index (Phi) is 6.86. The molecular weight excluding hydrogens is 445 g/mol. The lowest BCUT2D eigenvalue weighted by atomic mass is 10.1. The van der Waals surface area contributed by atoms with Gasteiger partial charge in [0.25, 0.3) is 11.8 Å². The number of carbonyl (C=O) groups excluding carboxylic acids is 2. The van der Waals surface area contributed by atoms with Gasteiger partial charge >= 0.3 is 6.18 Å². The minimum atomic E-state index is -4.47. The van der Waals surface area contributed by atoms with Crippen LogP contribution in [0.3, 0.4) is 0 Å². The van der Waals surface area contributed by atoms with Crippen LogP contribution in [-0.2, 0) is 11.0 Å². The maximum absolute atomic E-state index is 13.2. The average molecular weight is 468 g/mol. The molecule has 1 aromatic heterocycles. The van der Waals surface area contributed by atoms with E-state index in [0.29, 0.717) is 18.7 Å². The molecule has 2 aromatic carbocycles. The van der Waals surface area contributed by atoms with Crippen molar-refractivity contribution in [1.29, 1.82) is 0 Å². The van der Waals surface area contributed by atoms with Gasteiger partial charge in [-0.2, -0.15) is 13.2 Å². The molecule has 0 aliphatic carbocycles. The molecule has 1 N–H and O–H groups in total. The van der Waals surface area contributed by atoms with Crippen molar-refractivity contribution in [3.8, 4) is 11.3 Å². The molecule has 0 saturated carbocycles. The van der Waals surface area contributed by atoms with E-state index in [1.807, 2.05) is 0 Å². The number of carbonyl (C=O) groups is 2. The first-order chi connectivity index (χ1) is 16.3. The smallest absolute Gasteiger partial charge is 0.416 e. The zero-order chi connectivity index (χ0) is 24.1. The van der Waals surface area contributed by atoms with Crippen LogP contribution in [-0.4, -0.2) is 29.8 Å². The van der Waals surface area contributed by atoms with Gasteiger partial charge < -0.3 is 14.6 Å². The summed E-state index contributed by atoms with van der Waals surface area (Å²) in [6.45, 7) is 1.18. The van der Waals surface area contributed by atoms with Crippen LogP contribution in [0.4, 0.5) is 13.2 Å². The quantitative estimate of drug-likeness (QED) is 0.485. The SMILES string of the molecule is O=C(N/C(=C\c1ccc(-c2cccc(C(F)(F)F)c2)o1)C(=O)N1CCCCC1)c1ccccc1. The third-order valence-corrected chi connectivity index (χ3v) is 5.55. The summed E-state index contributed by atoms with van der Waals surface area (Å²) in [6.07, 6.45) is -0.258. The molecule has 176 valence electrons. The van der Waals surface area contributed by atoms with Crippen molar-refractivity contribution in [3.05, 3.63) is 89.3 Å². The number of rotatable bonds is 5. The molecule has 1 fully saturated rings. The van der Waals surface area contributed by atoms with E-state index in [0.717, 1.165) is 31.4 Å². The highest BCUT2D eigenvalue weighted by Crippen LogP contribution is 2.33. The fourth-order valence-corrected chi connectivity index (χ4v) is 3.78. The van der Waals surface area contributed by atoms with Gasteiger partial charge in [0.05, 0.1) is 5.56 Å². The molecule has 1 aliphatic rings. The van der Waals surface area contributed by atoms with E-state index < -0.39 is 17.6 Å². The number of nitrogens with one attached hydrogen (secondary N) is 1. The second kappa shape index (κ2) is 9.99. The summed E-state index contributed by atoms with van der Waals surface area (Å²) in [5, 5.41) is 2.68. The predicted molar refractivity (Wildman–Crippen MR) is 121 cm³/mol. The normalized spacial score (nSPS) is 14.7. The van der Waals surface area contributed by atoms with Gasteiger partial charge in [-0.15, -0.1) is 0 Å². The van der Waals surface area contributed by atoms with Crippen LogP contribution in [0, 0.1) is 0 Å². The van der Waals surface area contributed by atoms with Gasteiger partial charge in [0, 0.05) is 30.3 Å². The highest BCUT2D eigenvalue weighted by atomic mass is 19.4. The first-order valence-corrected chi connectivity index (χ1v) is 11.0. The van der Waals surface area contributed by atoms with Gasteiger partial charge in [-0.25, -0.2) is 0 Å². The Morgan fingerprint density at radius 3 is 2.35 bits per heavy atom. The molecule has 0 unspecified atom stereocenters. The van der Waals surface area contributed by atoms with Gasteiger partial charge in [0.2, 0.25) is 0 Å². The van der Waals surface area contributed by atoms with Crippen molar-refractivity contribution in [2.24, 2.45) is 0 Å². The van der Waals surface area contributed by atoms with E-state index in [1.165, 1.54) is 24.3 Å². The third kappa shape index (κ3) is 5.57. The molecule has 2 amide bonds. The molecule has 8 heteroatoms. The number of nitrogens with zero attached hydrogens (tertiary/aromatic N) is 1. The van der Waals surface area contributed by atoms with Crippen LogP contribution in [0.1, 0.15) is 40.9 Å². The van der Waals surface area contributed by atoms with Crippen molar-refractivity contribution in [1.82, 2.24) is 10.2 Å². The number of piperidine rings is 1. The largest absolute Gasteiger partial charge is 0.457 e. The molecule has 0 radical (unpaired) electrons. The number of halogens is 3. The second-order valence-electron chi connectivity index (χ2n) is 8.01. The zero-order valence-corrected chi connectivity index (χ0v) is 18.3. The maximum atomic E-state index is 13.2. The Bertz CT molecular complexity index is 1190.